The van der Waals surface area contributed by atoms with E-state index in [1.54, 1.807) is 7.05 Å². The summed E-state index contributed by atoms with van der Waals surface area (Å²) in [4.78, 5) is 2.23. The molecular formula is C12H28N4O2S. The normalized spacial score (nSPS) is 19.2. The fraction of sp³-hybridized carbons (Fsp3) is 1.00. The third-order valence-electron chi connectivity index (χ3n) is 3.52. The number of rotatable bonds is 8. The summed E-state index contributed by atoms with van der Waals surface area (Å²) in [5.74, 6) is 0. The highest BCUT2D eigenvalue weighted by atomic mass is 32.2. The standard InChI is InChI=1S/C12H28N4O2S/c1-4-13-8-5-9-16(3)19(17,18)14-12-6-10-15(2)11-7-12/h12-14H,4-11H2,1-3H3. The lowest BCUT2D eigenvalue weighted by atomic mass is 10.1. The number of nitrogens with zero attached hydrogens (tertiary/aromatic N) is 2. The van der Waals surface area contributed by atoms with Crippen LogP contribution in [-0.4, -0.2) is 70.5 Å². The Hall–Kier alpha value is -0.210. The van der Waals surface area contributed by atoms with Crippen molar-refractivity contribution in [1.82, 2.24) is 19.2 Å². The van der Waals surface area contributed by atoms with Crippen molar-refractivity contribution >= 4 is 10.2 Å². The van der Waals surface area contributed by atoms with Crippen LogP contribution >= 0.6 is 0 Å². The molecule has 0 aromatic carbocycles. The summed E-state index contributed by atoms with van der Waals surface area (Å²) >= 11 is 0. The van der Waals surface area contributed by atoms with E-state index in [0.717, 1.165) is 45.4 Å². The van der Waals surface area contributed by atoms with Crippen molar-refractivity contribution < 1.29 is 8.42 Å². The average Bonchev–Trinajstić information content (AvgIpc) is 2.37. The van der Waals surface area contributed by atoms with Crippen molar-refractivity contribution in [3.05, 3.63) is 0 Å². The fourth-order valence-corrected chi connectivity index (χ4v) is 3.36. The summed E-state index contributed by atoms with van der Waals surface area (Å²) in [5.41, 5.74) is 0. The lowest BCUT2D eigenvalue weighted by Gasteiger charge is -2.30. The summed E-state index contributed by atoms with van der Waals surface area (Å²) in [6, 6.07) is 0.0809. The van der Waals surface area contributed by atoms with Crippen LogP contribution in [-0.2, 0) is 10.2 Å². The summed E-state index contributed by atoms with van der Waals surface area (Å²) in [6.07, 6.45) is 2.61. The van der Waals surface area contributed by atoms with Crippen LogP contribution in [0.3, 0.4) is 0 Å². The quantitative estimate of drug-likeness (QED) is 0.611. The van der Waals surface area contributed by atoms with Gasteiger partial charge in [0.2, 0.25) is 0 Å². The average molecular weight is 292 g/mol. The van der Waals surface area contributed by atoms with Crippen LogP contribution < -0.4 is 10.0 Å². The van der Waals surface area contributed by atoms with Crippen LogP contribution in [0.5, 0.6) is 0 Å². The molecule has 1 aliphatic heterocycles. The number of hydrogen-bond donors (Lipinski definition) is 2. The second-order valence-corrected chi connectivity index (χ2v) is 7.04. The van der Waals surface area contributed by atoms with E-state index in [9.17, 15) is 8.42 Å². The predicted molar refractivity (Wildman–Crippen MR) is 78.4 cm³/mol. The molecule has 0 amide bonds. The molecule has 0 spiro atoms. The van der Waals surface area contributed by atoms with E-state index in [0.29, 0.717) is 6.54 Å². The van der Waals surface area contributed by atoms with Gasteiger partial charge in [0, 0.05) is 19.6 Å². The van der Waals surface area contributed by atoms with E-state index in [1.165, 1.54) is 4.31 Å². The zero-order valence-corrected chi connectivity index (χ0v) is 13.2. The first-order chi connectivity index (χ1) is 8.95. The summed E-state index contributed by atoms with van der Waals surface area (Å²) in [6.45, 7) is 6.28. The lowest BCUT2D eigenvalue weighted by Crippen LogP contribution is -2.48. The predicted octanol–water partition coefficient (Wildman–Crippen LogP) is -0.154. The van der Waals surface area contributed by atoms with Gasteiger partial charge in [0.25, 0.3) is 10.2 Å². The lowest BCUT2D eigenvalue weighted by molar-refractivity contribution is 0.246. The zero-order chi connectivity index (χ0) is 14.3. The van der Waals surface area contributed by atoms with Gasteiger partial charge >= 0.3 is 0 Å². The summed E-state index contributed by atoms with van der Waals surface area (Å²) < 4.78 is 28.5. The molecule has 1 rings (SSSR count). The van der Waals surface area contributed by atoms with Gasteiger partial charge in [0.05, 0.1) is 0 Å². The molecule has 0 unspecified atom stereocenters. The van der Waals surface area contributed by atoms with Crippen molar-refractivity contribution in [3.63, 3.8) is 0 Å². The van der Waals surface area contributed by atoms with Crippen LogP contribution in [0.25, 0.3) is 0 Å². The van der Waals surface area contributed by atoms with Gasteiger partial charge in [0.15, 0.2) is 0 Å². The van der Waals surface area contributed by atoms with E-state index in [-0.39, 0.29) is 6.04 Å². The molecule has 0 aliphatic carbocycles. The topological polar surface area (TPSA) is 64.7 Å². The van der Waals surface area contributed by atoms with Crippen molar-refractivity contribution in [2.75, 3.05) is 46.8 Å². The van der Waals surface area contributed by atoms with Crippen LogP contribution in [0, 0.1) is 0 Å². The Morgan fingerprint density at radius 2 is 1.95 bits per heavy atom. The van der Waals surface area contributed by atoms with Gasteiger partial charge < -0.3 is 10.2 Å². The number of likely N-dealkylation sites (tertiary alicyclic amines) is 1. The van der Waals surface area contributed by atoms with E-state index in [2.05, 4.69) is 22.0 Å². The molecule has 0 aromatic heterocycles. The molecule has 0 saturated carbocycles. The molecule has 1 fully saturated rings. The molecule has 1 saturated heterocycles. The smallest absolute Gasteiger partial charge is 0.279 e. The Morgan fingerprint density at radius 1 is 1.32 bits per heavy atom. The maximum absolute atomic E-state index is 12.1. The van der Waals surface area contributed by atoms with Gasteiger partial charge in [-0.1, -0.05) is 6.92 Å². The third kappa shape index (κ3) is 6.18. The first kappa shape index (κ1) is 16.8. The largest absolute Gasteiger partial charge is 0.317 e. The highest BCUT2D eigenvalue weighted by Gasteiger charge is 2.24. The molecule has 2 N–H and O–H groups in total. The van der Waals surface area contributed by atoms with E-state index in [4.69, 9.17) is 0 Å². The summed E-state index contributed by atoms with van der Waals surface area (Å²) in [7, 11) is 0.382. The maximum Gasteiger partial charge on any atom is 0.279 e. The molecule has 7 heteroatoms. The van der Waals surface area contributed by atoms with Crippen LogP contribution in [0.4, 0.5) is 0 Å². The number of hydrogen-bond acceptors (Lipinski definition) is 4. The highest BCUT2D eigenvalue weighted by Crippen LogP contribution is 2.10. The fourth-order valence-electron chi connectivity index (χ4n) is 2.15. The van der Waals surface area contributed by atoms with Gasteiger partial charge in [-0.15, -0.1) is 0 Å². The van der Waals surface area contributed by atoms with E-state index >= 15 is 0 Å². The van der Waals surface area contributed by atoms with Crippen molar-refractivity contribution in [3.8, 4) is 0 Å². The summed E-state index contributed by atoms with van der Waals surface area (Å²) in [5, 5.41) is 3.19. The third-order valence-corrected chi connectivity index (χ3v) is 5.16. The first-order valence-electron chi connectivity index (χ1n) is 7.08. The van der Waals surface area contributed by atoms with E-state index < -0.39 is 10.2 Å². The first-order valence-corrected chi connectivity index (χ1v) is 8.52. The Bertz CT molecular complexity index is 340. The number of piperidine rings is 1. The number of nitrogens with one attached hydrogen (secondary N) is 2. The molecule has 0 radical (unpaired) electrons. The highest BCUT2D eigenvalue weighted by molar-refractivity contribution is 7.87. The minimum atomic E-state index is -3.33. The monoisotopic (exact) mass is 292 g/mol. The van der Waals surface area contributed by atoms with Crippen LogP contribution in [0.15, 0.2) is 0 Å². The van der Waals surface area contributed by atoms with Gasteiger partial charge in [0.1, 0.15) is 0 Å². The molecule has 19 heavy (non-hydrogen) atoms. The van der Waals surface area contributed by atoms with Crippen LogP contribution in [0.1, 0.15) is 26.2 Å². The molecule has 1 aliphatic rings. The Morgan fingerprint density at radius 3 is 2.53 bits per heavy atom. The SMILES string of the molecule is CCNCCCN(C)S(=O)(=O)NC1CCN(C)CC1. The van der Waals surface area contributed by atoms with Gasteiger partial charge in [-0.2, -0.15) is 17.4 Å². The minimum absolute atomic E-state index is 0.0809. The van der Waals surface area contributed by atoms with Crippen LogP contribution in [0.2, 0.25) is 0 Å². The molecule has 0 atom stereocenters. The molecular weight excluding hydrogens is 264 g/mol. The molecule has 0 bridgehead atoms. The Kier molecular flexibility index (Phi) is 7.23. The minimum Gasteiger partial charge on any atom is -0.317 e. The maximum atomic E-state index is 12.1. The van der Waals surface area contributed by atoms with Crippen molar-refractivity contribution in [1.29, 1.82) is 0 Å². The van der Waals surface area contributed by atoms with Gasteiger partial charge in [-0.25, -0.2) is 0 Å². The second-order valence-electron chi connectivity index (χ2n) is 5.23. The Labute approximate surface area is 117 Å². The van der Waals surface area contributed by atoms with Crippen molar-refractivity contribution in [2.45, 2.75) is 32.2 Å². The van der Waals surface area contributed by atoms with Crippen molar-refractivity contribution in [2.24, 2.45) is 0 Å². The van der Waals surface area contributed by atoms with Gasteiger partial charge in [-0.3, -0.25) is 0 Å². The molecule has 6 nitrogen and oxygen atoms in total. The Balaban J connectivity index is 2.33. The molecule has 114 valence electrons. The van der Waals surface area contributed by atoms with E-state index in [1.807, 2.05) is 6.92 Å². The zero-order valence-electron chi connectivity index (χ0n) is 12.4. The molecule has 0 aromatic rings. The van der Waals surface area contributed by atoms with Gasteiger partial charge in [-0.05, 0) is 52.5 Å². The second kappa shape index (κ2) is 8.16. The molecule has 1 heterocycles.